The van der Waals surface area contributed by atoms with Gasteiger partial charge in [0, 0.05) is 26.4 Å². The van der Waals surface area contributed by atoms with E-state index in [0.29, 0.717) is 13.0 Å². The van der Waals surface area contributed by atoms with Crippen molar-refractivity contribution >= 4 is 39.8 Å². The minimum absolute atomic E-state index is 0. The molecule has 0 aromatic heterocycles. The molecular weight excluding hydrogens is 437 g/mol. The molecule has 142 valence electrons. The van der Waals surface area contributed by atoms with Crippen LogP contribution < -0.4 is 10.6 Å². The molecule has 0 heterocycles. The lowest BCUT2D eigenvalue weighted by atomic mass is 9.90. The molecule has 0 saturated carbocycles. The Balaban J connectivity index is 0.00000529. The van der Waals surface area contributed by atoms with Crippen molar-refractivity contribution in [2.75, 3.05) is 32.1 Å². The number of guanidine groups is 1. The minimum Gasteiger partial charge on any atom is -0.356 e. The van der Waals surface area contributed by atoms with Crippen molar-refractivity contribution in [2.24, 2.45) is 10.4 Å². The second-order valence-corrected chi connectivity index (χ2v) is 9.51. The monoisotopic (exact) mass is 471 g/mol. The van der Waals surface area contributed by atoms with E-state index in [1.54, 1.807) is 12.6 Å². The van der Waals surface area contributed by atoms with E-state index in [1.165, 1.54) is 31.9 Å². The first-order chi connectivity index (χ1) is 10.7. The normalized spacial score (nSPS) is 16.2. The second kappa shape index (κ2) is 11.3. The molecule has 0 atom stereocenters. The summed E-state index contributed by atoms with van der Waals surface area (Å²) in [4.78, 5) is 4.24. The summed E-state index contributed by atoms with van der Waals surface area (Å²) in [6.07, 6.45) is 10.5. The molecule has 0 fully saturated rings. The van der Waals surface area contributed by atoms with Crippen molar-refractivity contribution in [3.63, 3.8) is 0 Å². The fourth-order valence-electron chi connectivity index (χ4n) is 2.57. The van der Waals surface area contributed by atoms with E-state index in [4.69, 9.17) is 0 Å². The van der Waals surface area contributed by atoms with E-state index in [1.807, 2.05) is 0 Å². The van der Waals surface area contributed by atoms with Crippen LogP contribution in [0, 0.1) is 5.41 Å². The number of halogens is 1. The highest BCUT2D eigenvalue weighted by molar-refractivity contribution is 14.0. The summed E-state index contributed by atoms with van der Waals surface area (Å²) in [6.45, 7) is 5.73. The van der Waals surface area contributed by atoms with Crippen molar-refractivity contribution in [1.29, 1.82) is 0 Å². The predicted octanol–water partition coefficient (Wildman–Crippen LogP) is 3.12. The van der Waals surface area contributed by atoms with Crippen molar-refractivity contribution in [3.05, 3.63) is 11.6 Å². The fourth-order valence-corrected chi connectivity index (χ4v) is 3.49. The maximum absolute atomic E-state index is 11.3. The zero-order chi connectivity index (χ0) is 17.3. The van der Waals surface area contributed by atoms with E-state index in [-0.39, 0.29) is 35.1 Å². The molecule has 1 aliphatic carbocycles. The number of nitrogens with one attached hydrogen (secondary N) is 2. The summed E-state index contributed by atoms with van der Waals surface area (Å²) in [7, 11) is -1.15. The molecular formula is C17H34IN3O2S. The van der Waals surface area contributed by atoms with Crippen LogP contribution >= 0.6 is 24.0 Å². The summed E-state index contributed by atoms with van der Waals surface area (Å²) in [5, 5.41) is 6.65. The van der Waals surface area contributed by atoms with E-state index < -0.39 is 9.84 Å². The molecule has 0 spiro atoms. The third-order valence-corrected chi connectivity index (χ3v) is 5.18. The van der Waals surface area contributed by atoms with E-state index in [0.717, 1.165) is 18.9 Å². The largest absolute Gasteiger partial charge is 0.356 e. The number of nitrogens with zero attached hydrogens (tertiary/aromatic N) is 1. The Kier molecular flexibility index (Phi) is 11.2. The van der Waals surface area contributed by atoms with Crippen LogP contribution in [0.4, 0.5) is 0 Å². The molecule has 0 aromatic rings. The summed E-state index contributed by atoms with van der Waals surface area (Å²) in [5.41, 5.74) is 1.46. The molecule has 7 heteroatoms. The molecule has 0 bridgehead atoms. The summed E-state index contributed by atoms with van der Waals surface area (Å²) in [6, 6.07) is 0. The topological polar surface area (TPSA) is 70.6 Å². The Morgan fingerprint density at radius 1 is 1.29 bits per heavy atom. The van der Waals surface area contributed by atoms with Crippen LogP contribution in [0.5, 0.6) is 0 Å². The highest BCUT2D eigenvalue weighted by atomic mass is 127. The Hall–Kier alpha value is -0.310. The van der Waals surface area contributed by atoms with Gasteiger partial charge in [0.25, 0.3) is 0 Å². The lowest BCUT2D eigenvalue weighted by molar-refractivity contribution is 0.348. The van der Waals surface area contributed by atoms with Gasteiger partial charge in [0.05, 0.1) is 5.75 Å². The van der Waals surface area contributed by atoms with Gasteiger partial charge >= 0.3 is 0 Å². The van der Waals surface area contributed by atoms with Crippen LogP contribution in [0.3, 0.4) is 0 Å². The average Bonchev–Trinajstić information content (AvgIpc) is 2.49. The summed E-state index contributed by atoms with van der Waals surface area (Å²) >= 11 is 0. The van der Waals surface area contributed by atoms with Gasteiger partial charge in [-0.25, -0.2) is 8.42 Å². The molecule has 2 N–H and O–H groups in total. The minimum atomic E-state index is -2.91. The van der Waals surface area contributed by atoms with Gasteiger partial charge in [0.2, 0.25) is 0 Å². The van der Waals surface area contributed by atoms with Crippen LogP contribution in [0.1, 0.15) is 52.4 Å². The Morgan fingerprint density at radius 2 is 2.00 bits per heavy atom. The smallest absolute Gasteiger partial charge is 0.191 e. The van der Waals surface area contributed by atoms with Gasteiger partial charge in [-0.05, 0) is 43.9 Å². The number of hydrogen-bond acceptors (Lipinski definition) is 3. The van der Waals surface area contributed by atoms with Crippen molar-refractivity contribution < 1.29 is 8.42 Å². The van der Waals surface area contributed by atoms with Gasteiger partial charge in [-0.3, -0.25) is 4.99 Å². The molecule has 0 aliphatic heterocycles. The van der Waals surface area contributed by atoms with Gasteiger partial charge in [-0.15, -0.1) is 24.0 Å². The zero-order valence-corrected chi connectivity index (χ0v) is 18.7. The quantitative estimate of drug-likeness (QED) is 0.247. The van der Waals surface area contributed by atoms with Crippen LogP contribution in [0.25, 0.3) is 0 Å². The number of hydrogen-bond donors (Lipinski definition) is 2. The first-order valence-corrected chi connectivity index (χ1v) is 10.6. The fraction of sp³-hybridized carbons (Fsp3) is 0.824. The molecule has 0 saturated heterocycles. The van der Waals surface area contributed by atoms with Crippen molar-refractivity contribution in [1.82, 2.24) is 10.6 Å². The molecule has 0 aromatic carbocycles. The first kappa shape index (κ1) is 23.7. The maximum Gasteiger partial charge on any atom is 0.191 e. The SMILES string of the molecule is CN=C(NCCC1=CCCCC1)NCC(C)(C)CCS(C)(=O)=O.I. The van der Waals surface area contributed by atoms with Gasteiger partial charge in [-0.2, -0.15) is 0 Å². The zero-order valence-electron chi connectivity index (χ0n) is 15.5. The highest BCUT2D eigenvalue weighted by Gasteiger charge is 2.20. The van der Waals surface area contributed by atoms with Crippen molar-refractivity contribution in [2.45, 2.75) is 52.4 Å². The third kappa shape index (κ3) is 11.3. The second-order valence-electron chi connectivity index (χ2n) is 7.25. The molecule has 1 rings (SSSR count). The number of sulfone groups is 1. The van der Waals surface area contributed by atoms with E-state index >= 15 is 0 Å². The Labute approximate surface area is 165 Å². The van der Waals surface area contributed by atoms with Crippen molar-refractivity contribution in [3.8, 4) is 0 Å². The van der Waals surface area contributed by atoms with Gasteiger partial charge < -0.3 is 10.6 Å². The van der Waals surface area contributed by atoms with Gasteiger partial charge in [0.1, 0.15) is 9.84 Å². The number of allylic oxidation sites excluding steroid dienone is 1. The van der Waals surface area contributed by atoms with Gasteiger partial charge in [-0.1, -0.05) is 25.5 Å². The maximum atomic E-state index is 11.3. The predicted molar refractivity (Wildman–Crippen MR) is 114 cm³/mol. The summed E-state index contributed by atoms with van der Waals surface area (Å²) < 4.78 is 22.6. The standard InChI is InChI=1S/C17H33N3O2S.HI/c1-17(2,11-13-23(4,21)22)14-20-16(18-3)19-12-10-15-8-6-5-7-9-15;/h8H,5-7,9-14H2,1-4H3,(H2,18,19,20);1H. The third-order valence-electron chi connectivity index (χ3n) is 4.23. The Bertz CT molecular complexity index is 528. The van der Waals surface area contributed by atoms with Crippen LogP contribution in [-0.2, 0) is 9.84 Å². The van der Waals surface area contributed by atoms with Gasteiger partial charge in [0.15, 0.2) is 5.96 Å². The van der Waals surface area contributed by atoms with E-state index in [2.05, 4.69) is 35.5 Å². The van der Waals surface area contributed by atoms with Crippen LogP contribution in [0.15, 0.2) is 16.6 Å². The average molecular weight is 471 g/mol. The highest BCUT2D eigenvalue weighted by Crippen LogP contribution is 2.20. The molecule has 0 unspecified atom stereocenters. The van der Waals surface area contributed by atoms with Crippen LogP contribution in [0.2, 0.25) is 0 Å². The molecule has 0 amide bonds. The summed E-state index contributed by atoms with van der Waals surface area (Å²) in [5.74, 6) is 1.01. The molecule has 24 heavy (non-hydrogen) atoms. The molecule has 0 radical (unpaired) electrons. The molecule has 1 aliphatic rings. The lowest BCUT2D eigenvalue weighted by Crippen LogP contribution is -2.42. The number of rotatable bonds is 8. The first-order valence-electron chi connectivity index (χ1n) is 8.52. The van der Waals surface area contributed by atoms with Crippen LogP contribution in [-0.4, -0.2) is 46.5 Å². The lowest BCUT2D eigenvalue weighted by Gasteiger charge is -2.26. The Morgan fingerprint density at radius 3 is 2.54 bits per heavy atom. The van der Waals surface area contributed by atoms with E-state index in [9.17, 15) is 8.42 Å². The molecule has 5 nitrogen and oxygen atoms in total. The number of aliphatic imine (C=N–C) groups is 1.